The van der Waals surface area contributed by atoms with Crippen molar-refractivity contribution in [3.05, 3.63) is 0 Å². The number of carbonyl (C=O) groups is 2. The molecular weight excluding hydrogens is 234 g/mol. The zero-order chi connectivity index (χ0) is 14.1. The molecule has 18 heavy (non-hydrogen) atoms. The summed E-state index contributed by atoms with van der Waals surface area (Å²) in [6.45, 7) is 8.69. The monoisotopic (exact) mass is 260 g/mol. The van der Waals surface area contributed by atoms with Crippen molar-refractivity contribution in [3.8, 4) is 0 Å². The van der Waals surface area contributed by atoms with E-state index < -0.39 is 6.04 Å². The van der Waals surface area contributed by atoms with Crippen LogP contribution in [-0.2, 0) is 19.1 Å². The number of esters is 2. The molecular formula is C13H26NO4+. The van der Waals surface area contributed by atoms with E-state index in [-0.39, 0.29) is 18.4 Å². The first-order valence-electron chi connectivity index (χ1n) is 6.48. The quantitative estimate of drug-likeness (QED) is 0.654. The number of hydrogen-bond acceptors (Lipinski definition) is 4. The highest BCUT2D eigenvalue weighted by Crippen LogP contribution is 2.02. The van der Waals surface area contributed by atoms with Gasteiger partial charge in [0.05, 0.1) is 19.6 Å². The molecule has 0 aliphatic rings. The van der Waals surface area contributed by atoms with E-state index in [9.17, 15) is 9.59 Å². The fraction of sp³-hybridized carbons (Fsp3) is 0.846. The first-order chi connectivity index (χ1) is 8.32. The molecule has 0 rings (SSSR count). The van der Waals surface area contributed by atoms with Crippen LogP contribution in [0.4, 0.5) is 0 Å². The van der Waals surface area contributed by atoms with Gasteiger partial charge in [0.25, 0.3) is 0 Å². The number of quaternary nitrogens is 1. The third-order valence-electron chi connectivity index (χ3n) is 2.17. The first-order valence-corrected chi connectivity index (χ1v) is 6.48. The standard InChI is InChI=1S/C13H25NO4/c1-9(2)7-17-12(15)6-5-11(14)13(16)18-8-10(3)4/h9-11H,5-8,14H2,1-4H3/p+1/t11-/m0/s1. The molecule has 0 radical (unpaired) electrons. The van der Waals surface area contributed by atoms with E-state index >= 15 is 0 Å². The van der Waals surface area contributed by atoms with E-state index in [1.807, 2.05) is 27.7 Å². The minimum atomic E-state index is -0.504. The maximum absolute atomic E-state index is 11.5. The molecule has 0 aliphatic carbocycles. The second-order valence-corrected chi connectivity index (χ2v) is 5.34. The van der Waals surface area contributed by atoms with E-state index in [0.717, 1.165) is 0 Å². The lowest BCUT2D eigenvalue weighted by Gasteiger charge is -2.11. The van der Waals surface area contributed by atoms with E-state index in [1.165, 1.54) is 0 Å². The minimum absolute atomic E-state index is 0.206. The Morgan fingerprint density at radius 2 is 1.50 bits per heavy atom. The summed E-state index contributed by atoms with van der Waals surface area (Å²) in [7, 11) is 0. The van der Waals surface area contributed by atoms with Crippen LogP contribution < -0.4 is 5.73 Å². The highest BCUT2D eigenvalue weighted by atomic mass is 16.5. The first kappa shape index (κ1) is 16.9. The fourth-order valence-electron chi connectivity index (χ4n) is 1.11. The lowest BCUT2D eigenvalue weighted by molar-refractivity contribution is -0.409. The molecule has 0 fully saturated rings. The van der Waals surface area contributed by atoms with Crippen molar-refractivity contribution in [1.82, 2.24) is 0 Å². The van der Waals surface area contributed by atoms with Crippen molar-refractivity contribution in [3.63, 3.8) is 0 Å². The largest absolute Gasteiger partial charge is 0.465 e. The number of hydrogen-bond donors (Lipinski definition) is 1. The molecule has 0 aromatic rings. The summed E-state index contributed by atoms with van der Waals surface area (Å²) in [5.74, 6) is -0.00738. The highest BCUT2D eigenvalue weighted by Gasteiger charge is 2.20. The van der Waals surface area contributed by atoms with Crippen LogP contribution in [0.3, 0.4) is 0 Å². The fourth-order valence-corrected chi connectivity index (χ4v) is 1.11. The maximum Gasteiger partial charge on any atom is 0.364 e. The van der Waals surface area contributed by atoms with E-state index in [1.54, 1.807) is 0 Å². The van der Waals surface area contributed by atoms with Crippen LogP contribution in [0, 0.1) is 11.8 Å². The molecule has 3 N–H and O–H groups in total. The van der Waals surface area contributed by atoms with Crippen LogP contribution in [0.15, 0.2) is 0 Å². The summed E-state index contributed by atoms with van der Waals surface area (Å²) < 4.78 is 10.1. The Labute approximate surface area is 109 Å². The second-order valence-electron chi connectivity index (χ2n) is 5.34. The Hall–Kier alpha value is -1.10. The molecule has 0 saturated heterocycles. The Morgan fingerprint density at radius 3 is 2.00 bits per heavy atom. The summed E-state index contributed by atoms with van der Waals surface area (Å²) >= 11 is 0. The van der Waals surface area contributed by atoms with Crippen LogP contribution >= 0.6 is 0 Å². The van der Waals surface area contributed by atoms with Gasteiger partial charge in [0.15, 0.2) is 6.04 Å². The van der Waals surface area contributed by atoms with Gasteiger partial charge >= 0.3 is 11.9 Å². The molecule has 1 atom stereocenters. The maximum atomic E-state index is 11.5. The highest BCUT2D eigenvalue weighted by molar-refractivity contribution is 5.75. The van der Waals surface area contributed by atoms with Gasteiger partial charge in [-0.25, -0.2) is 4.79 Å². The molecule has 0 spiro atoms. The summed E-state index contributed by atoms with van der Waals surface area (Å²) in [6, 6.07) is -0.504. The van der Waals surface area contributed by atoms with Crippen LogP contribution in [0.25, 0.3) is 0 Å². The average Bonchev–Trinajstić information content (AvgIpc) is 2.30. The van der Waals surface area contributed by atoms with Crippen LogP contribution in [0.1, 0.15) is 40.5 Å². The van der Waals surface area contributed by atoms with Gasteiger partial charge in [-0.05, 0) is 11.8 Å². The van der Waals surface area contributed by atoms with Crippen LogP contribution in [0.5, 0.6) is 0 Å². The molecule has 0 bridgehead atoms. The topological polar surface area (TPSA) is 80.2 Å². The summed E-state index contributed by atoms with van der Waals surface area (Å²) in [5.41, 5.74) is 3.70. The number of ether oxygens (including phenoxy) is 2. The predicted octanol–water partition coefficient (Wildman–Crippen LogP) is 0.776. The third kappa shape index (κ3) is 8.98. The molecule has 5 nitrogen and oxygen atoms in total. The summed E-state index contributed by atoms with van der Waals surface area (Å²) in [4.78, 5) is 22.8. The summed E-state index contributed by atoms with van der Waals surface area (Å²) in [6.07, 6.45) is 0.575. The van der Waals surface area contributed by atoms with Gasteiger partial charge in [0.1, 0.15) is 0 Å². The van der Waals surface area contributed by atoms with Gasteiger partial charge in [-0.2, -0.15) is 0 Å². The van der Waals surface area contributed by atoms with Crippen LogP contribution in [0.2, 0.25) is 0 Å². The Balaban J connectivity index is 3.77. The normalized spacial score (nSPS) is 12.6. The molecule has 5 heteroatoms. The molecule has 0 amide bonds. The van der Waals surface area contributed by atoms with Crippen molar-refractivity contribution < 1.29 is 24.8 Å². The lowest BCUT2D eigenvalue weighted by atomic mass is 10.1. The number of rotatable bonds is 8. The van der Waals surface area contributed by atoms with Crippen molar-refractivity contribution in [1.29, 1.82) is 0 Å². The van der Waals surface area contributed by atoms with Crippen molar-refractivity contribution >= 4 is 11.9 Å². The molecule has 0 aromatic heterocycles. The van der Waals surface area contributed by atoms with E-state index in [0.29, 0.717) is 31.5 Å². The SMILES string of the molecule is CC(C)COC(=O)CC[C@H]([NH3+])C(=O)OCC(C)C. The van der Waals surface area contributed by atoms with Gasteiger partial charge in [-0.15, -0.1) is 0 Å². The van der Waals surface area contributed by atoms with Crippen molar-refractivity contribution in [2.45, 2.75) is 46.6 Å². The van der Waals surface area contributed by atoms with Crippen molar-refractivity contribution in [2.24, 2.45) is 11.8 Å². The molecule has 0 aromatic carbocycles. The third-order valence-corrected chi connectivity index (χ3v) is 2.17. The lowest BCUT2D eigenvalue weighted by Crippen LogP contribution is -2.65. The smallest absolute Gasteiger partial charge is 0.364 e. The Morgan fingerprint density at radius 1 is 1.00 bits per heavy atom. The Kier molecular flexibility index (Phi) is 8.37. The zero-order valence-corrected chi connectivity index (χ0v) is 11.9. The van der Waals surface area contributed by atoms with Gasteiger partial charge in [-0.3, -0.25) is 4.79 Å². The van der Waals surface area contributed by atoms with Crippen molar-refractivity contribution in [2.75, 3.05) is 13.2 Å². The minimum Gasteiger partial charge on any atom is -0.465 e. The second kappa shape index (κ2) is 8.91. The van der Waals surface area contributed by atoms with Gasteiger partial charge in [0.2, 0.25) is 0 Å². The Bertz CT molecular complexity index is 264. The number of carbonyl (C=O) groups excluding carboxylic acids is 2. The van der Waals surface area contributed by atoms with E-state index in [4.69, 9.17) is 9.47 Å². The van der Waals surface area contributed by atoms with Gasteiger partial charge in [-0.1, -0.05) is 27.7 Å². The molecule has 0 aliphatic heterocycles. The van der Waals surface area contributed by atoms with Crippen LogP contribution in [-0.4, -0.2) is 31.2 Å². The predicted molar refractivity (Wildman–Crippen MR) is 67.5 cm³/mol. The summed E-state index contributed by atoms with van der Waals surface area (Å²) in [5, 5.41) is 0. The molecule has 0 heterocycles. The average molecular weight is 260 g/mol. The zero-order valence-electron chi connectivity index (χ0n) is 11.9. The van der Waals surface area contributed by atoms with Gasteiger partial charge < -0.3 is 15.2 Å². The molecule has 106 valence electrons. The molecule has 0 saturated carbocycles. The van der Waals surface area contributed by atoms with E-state index in [2.05, 4.69) is 5.73 Å². The van der Waals surface area contributed by atoms with Gasteiger partial charge in [0, 0.05) is 6.42 Å². The molecule has 0 unspecified atom stereocenters.